The quantitative estimate of drug-likeness (QED) is 0.330. The summed E-state index contributed by atoms with van der Waals surface area (Å²) in [5.74, 6) is 2.14. The van der Waals surface area contributed by atoms with E-state index in [0.29, 0.717) is 48.1 Å². The van der Waals surface area contributed by atoms with E-state index in [0.717, 1.165) is 43.3 Å². The lowest BCUT2D eigenvalue weighted by Gasteiger charge is -2.54. The molecule has 4 heteroatoms. The summed E-state index contributed by atoms with van der Waals surface area (Å²) in [6, 6.07) is 0. The number of carbonyl (C=O) groups is 3. The van der Waals surface area contributed by atoms with Crippen LogP contribution in [0.1, 0.15) is 92.4 Å². The Morgan fingerprint density at radius 3 is 2.53 bits per heavy atom. The number of ether oxygens (including phenoxy) is 1. The summed E-state index contributed by atoms with van der Waals surface area (Å²) in [7, 11) is 1.43. The van der Waals surface area contributed by atoms with Gasteiger partial charge in [-0.3, -0.25) is 14.4 Å². The molecule has 8 atom stereocenters. The minimum absolute atomic E-state index is 0.0178. The number of rotatable bonds is 6. The molecule has 4 aliphatic rings. The molecule has 2 fully saturated rings. The van der Waals surface area contributed by atoms with Crippen LogP contribution in [0.2, 0.25) is 0 Å². The molecule has 4 aliphatic carbocycles. The molecule has 4 unspecified atom stereocenters. The average Bonchev–Trinajstić information content (AvgIpc) is 3.15. The minimum atomic E-state index is -0.270. The van der Waals surface area contributed by atoms with Crippen LogP contribution < -0.4 is 0 Å². The molecule has 0 heterocycles. The fourth-order valence-corrected chi connectivity index (χ4v) is 8.73. The molecule has 0 radical (unpaired) electrons. The maximum Gasteiger partial charge on any atom is 0.312 e. The topological polar surface area (TPSA) is 60.4 Å². The Kier molecular flexibility index (Phi) is 6.76. The Bertz CT molecular complexity index is 928. The van der Waals surface area contributed by atoms with Gasteiger partial charge in [0.1, 0.15) is 5.78 Å². The van der Waals surface area contributed by atoms with Crippen LogP contribution in [0.15, 0.2) is 23.3 Å². The lowest BCUT2D eigenvalue weighted by Crippen LogP contribution is -2.50. The van der Waals surface area contributed by atoms with Crippen molar-refractivity contribution in [2.75, 3.05) is 7.11 Å². The van der Waals surface area contributed by atoms with Crippen molar-refractivity contribution in [2.24, 2.45) is 46.3 Å². The summed E-state index contributed by atoms with van der Waals surface area (Å²) in [6.45, 7) is 15.1. The number of allylic oxidation sites excluding steroid dienone is 2. The summed E-state index contributed by atoms with van der Waals surface area (Å²) in [5.41, 5.74) is 3.43. The Morgan fingerprint density at radius 1 is 1.15 bits per heavy atom. The monoisotopic (exact) mass is 468 g/mol. The van der Waals surface area contributed by atoms with E-state index in [1.165, 1.54) is 25.5 Å². The first-order chi connectivity index (χ1) is 16.0. The van der Waals surface area contributed by atoms with Gasteiger partial charge in [-0.2, -0.15) is 0 Å². The van der Waals surface area contributed by atoms with Gasteiger partial charge in [0.2, 0.25) is 0 Å². The maximum absolute atomic E-state index is 13.8. The summed E-state index contributed by atoms with van der Waals surface area (Å²) in [4.78, 5) is 38.2. The second kappa shape index (κ2) is 9.06. The highest BCUT2D eigenvalue weighted by Crippen LogP contribution is 2.65. The van der Waals surface area contributed by atoms with E-state index in [4.69, 9.17) is 4.74 Å². The zero-order chi connectivity index (χ0) is 25.0. The first kappa shape index (κ1) is 25.4. The molecule has 34 heavy (non-hydrogen) atoms. The number of fused-ring (bicyclic) bond motifs is 4. The van der Waals surface area contributed by atoms with E-state index in [1.54, 1.807) is 0 Å². The molecular formula is C30H44O4. The fraction of sp³-hybridized carbons (Fsp3) is 0.767. The highest BCUT2D eigenvalue weighted by atomic mass is 16.5. The third-order valence-electron chi connectivity index (χ3n) is 10.9. The molecule has 4 nitrogen and oxygen atoms in total. The van der Waals surface area contributed by atoms with Gasteiger partial charge in [-0.25, -0.2) is 0 Å². The lowest BCUT2D eigenvalue weighted by molar-refractivity contribution is -0.143. The van der Waals surface area contributed by atoms with Crippen molar-refractivity contribution in [3.8, 4) is 0 Å². The predicted molar refractivity (Wildman–Crippen MR) is 134 cm³/mol. The van der Waals surface area contributed by atoms with Crippen molar-refractivity contribution in [3.63, 3.8) is 0 Å². The second-order valence-corrected chi connectivity index (χ2v) is 12.5. The lowest BCUT2D eigenvalue weighted by atomic mass is 9.48. The molecule has 0 aromatic heterocycles. The van der Waals surface area contributed by atoms with Gasteiger partial charge < -0.3 is 4.74 Å². The molecule has 2 saturated carbocycles. The molecule has 0 spiro atoms. The number of carbonyl (C=O) groups excluding carboxylic acids is 3. The first-order valence-electron chi connectivity index (χ1n) is 13.5. The van der Waals surface area contributed by atoms with E-state index in [2.05, 4.69) is 34.3 Å². The second-order valence-electron chi connectivity index (χ2n) is 12.5. The van der Waals surface area contributed by atoms with Gasteiger partial charge in [0.25, 0.3) is 0 Å². The van der Waals surface area contributed by atoms with E-state index in [1.807, 2.05) is 6.92 Å². The van der Waals surface area contributed by atoms with E-state index in [-0.39, 0.29) is 28.6 Å². The number of esters is 1. The SMILES string of the molecule is C=C(CC[C@@H](C)C1CCC2C3=C(C(=O)C[C@@]21C)[C@@]1(C)CCC(=O)[C@@H](C)C1CC3)C(C)C(=O)OC. The van der Waals surface area contributed by atoms with Gasteiger partial charge in [-0.15, -0.1) is 0 Å². The number of methoxy groups -OCH3 is 1. The zero-order valence-corrected chi connectivity index (χ0v) is 22.2. The standard InChI is InChI=1S/C30H44O4/c1-17(19(3)28(33)34-7)8-9-18(2)22-12-13-24-21-10-11-23-20(4)25(31)14-15-29(23,5)27(21)26(32)16-30(22,24)6/h18-20,22-24H,1,8-16H2,2-7H3/t18-,19?,20+,22?,23?,24?,29+,30-/m1/s1. The van der Waals surface area contributed by atoms with Crippen LogP contribution in [-0.2, 0) is 19.1 Å². The fourth-order valence-electron chi connectivity index (χ4n) is 8.73. The highest BCUT2D eigenvalue weighted by Gasteiger charge is 2.59. The van der Waals surface area contributed by atoms with E-state index < -0.39 is 0 Å². The molecule has 0 amide bonds. The summed E-state index contributed by atoms with van der Waals surface area (Å²) in [6.07, 6.45) is 8.31. The minimum Gasteiger partial charge on any atom is -0.469 e. The van der Waals surface area contributed by atoms with Crippen LogP contribution in [0.4, 0.5) is 0 Å². The van der Waals surface area contributed by atoms with Gasteiger partial charge in [-0.05, 0) is 86.4 Å². The molecule has 4 rings (SSSR count). The van der Waals surface area contributed by atoms with Gasteiger partial charge in [0.05, 0.1) is 13.0 Å². The Labute approximate surface area is 206 Å². The normalized spacial score (nSPS) is 39.1. The van der Waals surface area contributed by atoms with E-state index in [9.17, 15) is 14.4 Å². The van der Waals surface area contributed by atoms with Crippen molar-refractivity contribution < 1.29 is 19.1 Å². The van der Waals surface area contributed by atoms with Crippen LogP contribution in [0, 0.1) is 46.3 Å². The van der Waals surface area contributed by atoms with Crippen molar-refractivity contribution in [2.45, 2.75) is 92.4 Å². The predicted octanol–water partition coefficient (Wildman–Crippen LogP) is 6.49. The first-order valence-corrected chi connectivity index (χ1v) is 13.5. The number of Topliss-reactive ketones (excluding diaryl/α,β-unsaturated/α-hetero) is 2. The third kappa shape index (κ3) is 3.84. The van der Waals surface area contributed by atoms with E-state index >= 15 is 0 Å². The molecule has 0 bridgehead atoms. The van der Waals surface area contributed by atoms with Crippen LogP contribution in [0.3, 0.4) is 0 Å². The maximum atomic E-state index is 13.8. The summed E-state index contributed by atoms with van der Waals surface area (Å²) >= 11 is 0. The number of hydrogen-bond donors (Lipinski definition) is 0. The van der Waals surface area contributed by atoms with Crippen molar-refractivity contribution >= 4 is 17.5 Å². The highest BCUT2D eigenvalue weighted by molar-refractivity contribution is 6.00. The summed E-state index contributed by atoms with van der Waals surface area (Å²) < 4.78 is 4.89. The molecule has 0 N–H and O–H groups in total. The molecular weight excluding hydrogens is 424 g/mol. The van der Waals surface area contributed by atoms with Gasteiger partial charge in [0, 0.05) is 24.3 Å². The largest absolute Gasteiger partial charge is 0.469 e. The molecule has 0 aromatic rings. The Morgan fingerprint density at radius 2 is 1.85 bits per heavy atom. The van der Waals surface area contributed by atoms with Crippen LogP contribution in [0.5, 0.6) is 0 Å². The Balaban J connectivity index is 1.54. The average molecular weight is 469 g/mol. The Hall–Kier alpha value is -1.71. The van der Waals surface area contributed by atoms with Crippen molar-refractivity contribution in [3.05, 3.63) is 23.3 Å². The van der Waals surface area contributed by atoms with Gasteiger partial charge in [-0.1, -0.05) is 45.4 Å². The molecule has 188 valence electrons. The van der Waals surface area contributed by atoms with Gasteiger partial charge in [0.15, 0.2) is 5.78 Å². The van der Waals surface area contributed by atoms with Crippen LogP contribution in [-0.4, -0.2) is 24.6 Å². The smallest absolute Gasteiger partial charge is 0.312 e. The van der Waals surface area contributed by atoms with Crippen LogP contribution >= 0.6 is 0 Å². The third-order valence-corrected chi connectivity index (χ3v) is 10.9. The molecule has 0 aromatic carbocycles. The van der Waals surface area contributed by atoms with Crippen molar-refractivity contribution in [1.29, 1.82) is 0 Å². The molecule has 0 aliphatic heterocycles. The zero-order valence-electron chi connectivity index (χ0n) is 22.2. The number of ketones is 2. The number of hydrogen-bond acceptors (Lipinski definition) is 4. The molecule has 0 saturated heterocycles. The van der Waals surface area contributed by atoms with Crippen molar-refractivity contribution in [1.82, 2.24) is 0 Å². The summed E-state index contributed by atoms with van der Waals surface area (Å²) in [5, 5.41) is 0. The van der Waals surface area contributed by atoms with Gasteiger partial charge >= 0.3 is 5.97 Å². The van der Waals surface area contributed by atoms with Crippen LogP contribution in [0.25, 0.3) is 0 Å².